The fourth-order valence-corrected chi connectivity index (χ4v) is 4.29. The molecule has 0 bridgehead atoms. The number of ether oxygens (including phenoxy) is 1. The Morgan fingerprint density at radius 3 is 2.60 bits per heavy atom. The summed E-state index contributed by atoms with van der Waals surface area (Å²) in [6.07, 6.45) is 3.31. The van der Waals surface area contributed by atoms with Crippen molar-refractivity contribution in [3.8, 4) is 0 Å². The van der Waals surface area contributed by atoms with E-state index in [2.05, 4.69) is 15.6 Å². The number of halogens is 3. The number of hydrogen-bond acceptors (Lipinski definition) is 4. The highest BCUT2D eigenvalue weighted by Crippen LogP contribution is 2.31. The Hall–Kier alpha value is -3.23. The predicted octanol–water partition coefficient (Wildman–Crippen LogP) is 4.97. The van der Waals surface area contributed by atoms with E-state index in [1.54, 1.807) is 18.2 Å². The van der Waals surface area contributed by atoms with Crippen molar-refractivity contribution in [3.05, 3.63) is 95.1 Å². The Morgan fingerprint density at radius 2 is 1.89 bits per heavy atom. The van der Waals surface area contributed by atoms with Crippen LogP contribution in [0.25, 0.3) is 0 Å². The van der Waals surface area contributed by atoms with Gasteiger partial charge in [0.05, 0.1) is 30.8 Å². The van der Waals surface area contributed by atoms with Crippen molar-refractivity contribution in [3.63, 3.8) is 0 Å². The summed E-state index contributed by atoms with van der Waals surface area (Å²) in [5.41, 5.74) is 1.54. The van der Waals surface area contributed by atoms with Gasteiger partial charge in [-0.3, -0.25) is 9.78 Å². The summed E-state index contributed by atoms with van der Waals surface area (Å²) >= 11 is 0. The summed E-state index contributed by atoms with van der Waals surface area (Å²) < 4.78 is 48.5. The van der Waals surface area contributed by atoms with Gasteiger partial charge in [0.1, 0.15) is 17.5 Å². The van der Waals surface area contributed by atoms with Crippen LogP contribution in [0.4, 0.5) is 18.9 Å². The second kappa shape index (κ2) is 11.5. The number of benzene rings is 2. The van der Waals surface area contributed by atoms with E-state index in [-0.39, 0.29) is 24.3 Å². The maximum absolute atomic E-state index is 14.6. The molecule has 0 saturated carbocycles. The molecular formula is C27H28F3N3O2. The van der Waals surface area contributed by atoms with Crippen LogP contribution in [0.2, 0.25) is 0 Å². The molecule has 0 radical (unpaired) electrons. The van der Waals surface area contributed by atoms with Crippen molar-refractivity contribution >= 4 is 11.6 Å². The number of pyridine rings is 1. The van der Waals surface area contributed by atoms with Gasteiger partial charge in [-0.25, -0.2) is 13.2 Å². The van der Waals surface area contributed by atoms with E-state index in [0.29, 0.717) is 42.7 Å². The summed E-state index contributed by atoms with van der Waals surface area (Å²) in [4.78, 5) is 16.9. The van der Waals surface area contributed by atoms with E-state index in [4.69, 9.17) is 4.74 Å². The molecule has 1 saturated heterocycles. The third-order valence-corrected chi connectivity index (χ3v) is 6.21. The molecule has 8 heteroatoms. The molecule has 5 nitrogen and oxygen atoms in total. The molecule has 0 spiro atoms. The molecule has 0 unspecified atom stereocenters. The maximum Gasteiger partial charge on any atom is 0.225 e. The Balaban J connectivity index is 1.50. The summed E-state index contributed by atoms with van der Waals surface area (Å²) in [6.45, 7) is 3.30. The quantitative estimate of drug-likeness (QED) is 0.475. The number of carbonyl (C=O) groups excluding carboxylic acids is 1. The lowest BCUT2D eigenvalue weighted by molar-refractivity contribution is -0.116. The van der Waals surface area contributed by atoms with Gasteiger partial charge in [0.2, 0.25) is 5.91 Å². The Labute approximate surface area is 202 Å². The van der Waals surface area contributed by atoms with Crippen LogP contribution in [0, 0.1) is 17.5 Å². The van der Waals surface area contributed by atoms with Crippen LogP contribution in [-0.4, -0.2) is 36.2 Å². The molecule has 1 aliphatic heterocycles. The first kappa shape index (κ1) is 24.9. The van der Waals surface area contributed by atoms with E-state index < -0.39 is 29.3 Å². The number of hydrogen-bond donors (Lipinski definition) is 2. The van der Waals surface area contributed by atoms with Crippen molar-refractivity contribution in [1.29, 1.82) is 0 Å². The average molecular weight is 484 g/mol. The van der Waals surface area contributed by atoms with E-state index in [1.165, 1.54) is 36.5 Å². The van der Waals surface area contributed by atoms with Crippen LogP contribution < -0.4 is 10.6 Å². The summed E-state index contributed by atoms with van der Waals surface area (Å²) in [5, 5.41) is 6.09. The highest BCUT2D eigenvalue weighted by atomic mass is 19.1. The van der Waals surface area contributed by atoms with Crippen LogP contribution in [-0.2, 0) is 16.0 Å². The standard InChI is InChI=1S/C27H28F3N3O2/c1-17-16-35-20(13-32-17)10-11-22-25(30)14-31-15-26(22)33-27(34)12-23(18-6-8-19(28)9-7-18)21-4-2-3-5-24(21)29/h2-9,14-15,17,20,23,32H,10-13,16H2,1H3,(H,33,34)/t17-,20-,23+/m1/s1. The van der Waals surface area contributed by atoms with E-state index in [0.717, 1.165) is 6.20 Å². The van der Waals surface area contributed by atoms with Gasteiger partial charge in [0.25, 0.3) is 0 Å². The number of nitrogens with one attached hydrogen (secondary N) is 2. The zero-order valence-electron chi connectivity index (χ0n) is 19.4. The monoisotopic (exact) mass is 483 g/mol. The number of carbonyl (C=O) groups is 1. The third kappa shape index (κ3) is 6.46. The smallest absolute Gasteiger partial charge is 0.225 e. The third-order valence-electron chi connectivity index (χ3n) is 6.21. The first-order valence-corrected chi connectivity index (χ1v) is 11.7. The normalized spacial score (nSPS) is 18.7. The fourth-order valence-electron chi connectivity index (χ4n) is 4.29. The van der Waals surface area contributed by atoms with Gasteiger partial charge >= 0.3 is 0 Å². The Morgan fingerprint density at radius 1 is 1.11 bits per heavy atom. The van der Waals surface area contributed by atoms with Crippen molar-refractivity contribution in [2.75, 3.05) is 18.5 Å². The highest BCUT2D eigenvalue weighted by molar-refractivity contribution is 5.92. The molecule has 0 aliphatic carbocycles. The zero-order valence-corrected chi connectivity index (χ0v) is 19.4. The van der Waals surface area contributed by atoms with Gasteiger partial charge < -0.3 is 15.4 Å². The molecule has 1 aliphatic rings. The van der Waals surface area contributed by atoms with E-state index in [1.807, 2.05) is 6.92 Å². The first-order chi connectivity index (χ1) is 16.9. The van der Waals surface area contributed by atoms with Gasteiger partial charge in [-0.15, -0.1) is 0 Å². The number of morpholine rings is 1. The topological polar surface area (TPSA) is 63.2 Å². The molecular weight excluding hydrogens is 455 g/mol. The Kier molecular flexibility index (Phi) is 8.15. The number of amides is 1. The lowest BCUT2D eigenvalue weighted by Crippen LogP contribution is -2.44. The SMILES string of the molecule is C[C@@H]1CO[C@H](CCc2c(F)cncc2NC(=O)C[C@@H](c2ccc(F)cc2)c2ccccc2F)CN1. The molecule has 35 heavy (non-hydrogen) atoms. The minimum absolute atomic E-state index is 0.0498. The molecule has 2 N–H and O–H groups in total. The van der Waals surface area contributed by atoms with Gasteiger partial charge in [0.15, 0.2) is 0 Å². The zero-order chi connectivity index (χ0) is 24.8. The molecule has 4 rings (SSSR count). The van der Waals surface area contributed by atoms with E-state index in [9.17, 15) is 18.0 Å². The lowest BCUT2D eigenvalue weighted by atomic mass is 9.88. The molecule has 1 amide bonds. The Bertz CT molecular complexity index is 1150. The van der Waals surface area contributed by atoms with Crippen molar-refractivity contribution in [2.24, 2.45) is 0 Å². The first-order valence-electron chi connectivity index (χ1n) is 11.7. The molecule has 2 aromatic carbocycles. The van der Waals surface area contributed by atoms with Crippen molar-refractivity contribution in [1.82, 2.24) is 10.3 Å². The molecule has 1 fully saturated rings. The second-order valence-corrected chi connectivity index (χ2v) is 8.83. The lowest BCUT2D eigenvalue weighted by Gasteiger charge is -2.28. The predicted molar refractivity (Wildman–Crippen MR) is 128 cm³/mol. The molecule has 2 heterocycles. The molecule has 3 aromatic rings. The maximum atomic E-state index is 14.6. The highest BCUT2D eigenvalue weighted by Gasteiger charge is 2.23. The fraction of sp³-hybridized carbons (Fsp3) is 0.333. The van der Waals surface area contributed by atoms with Gasteiger partial charge in [-0.05, 0) is 49.1 Å². The number of rotatable bonds is 8. The summed E-state index contributed by atoms with van der Waals surface area (Å²) in [7, 11) is 0. The van der Waals surface area contributed by atoms with Crippen LogP contribution in [0.1, 0.15) is 42.4 Å². The number of aromatic nitrogens is 1. The van der Waals surface area contributed by atoms with Crippen LogP contribution >= 0.6 is 0 Å². The van der Waals surface area contributed by atoms with Crippen LogP contribution in [0.5, 0.6) is 0 Å². The van der Waals surface area contributed by atoms with E-state index >= 15 is 0 Å². The van der Waals surface area contributed by atoms with Crippen LogP contribution in [0.15, 0.2) is 60.9 Å². The minimum atomic E-state index is -0.648. The largest absolute Gasteiger partial charge is 0.375 e. The molecule has 184 valence electrons. The average Bonchev–Trinajstić information content (AvgIpc) is 2.84. The van der Waals surface area contributed by atoms with Crippen molar-refractivity contribution in [2.45, 2.75) is 44.2 Å². The minimum Gasteiger partial charge on any atom is -0.375 e. The van der Waals surface area contributed by atoms with Gasteiger partial charge in [-0.1, -0.05) is 30.3 Å². The second-order valence-electron chi connectivity index (χ2n) is 8.83. The van der Waals surface area contributed by atoms with Gasteiger partial charge in [-0.2, -0.15) is 0 Å². The summed E-state index contributed by atoms with van der Waals surface area (Å²) in [5.74, 6) is -2.47. The molecule has 1 aromatic heterocycles. The van der Waals surface area contributed by atoms with Crippen molar-refractivity contribution < 1.29 is 22.7 Å². The number of anilines is 1. The molecule has 3 atom stereocenters. The van der Waals surface area contributed by atoms with Gasteiger partial charge in [0, 0.05) is 30.5 Å². The number of nitrogens with zero attached hydrogens (tertiary/aromatic N) is 1. The van der Waals surface area contributed by atoms with Crippen LogP contribution in [0.3, 0.4) is 0 Å². The summed E-state index contributed by atoms with van der Waals surface area (Å²) in [6, 6.07) is 12.1.